The number of aromatic nitrogens is 2. The smallest absolute Gasteiger partial charge is 0.252 e. The molecule has 1 aliphatic heterocycles. The van der Waals surface area contributed by atoms with E-state index >= 15 is 0 Å². The zero-order valence-electron chi connectivity index (χ0n) is 18.5. The second-order valence-corrected chi connectivity index (χ2v) is 11.3. The summed E-state index contributed by atoms with van der Waals surface area (Å²) in [5.74, 6) is -0.730. The van der Waals surface area contributed by atoms with Crippen LogP contribution < -0.4 is 5.32 Å². The first kappa shape index (κ1) is 23.3. The lowest BCUT2D eigenvalue weighted by Crippen LogP contribution is -2.42. The summed E-state index contributed by atoms with van der Waals surface area (Å²) in [6.45, 7) is 9.89. The molecular weight excluding hydrogens is 423 g/mol. The summed E-state index contributed by atoms with van der Waals surface area (Å²) in [5.41, 5.74) is -1.31. The van der Waals surface area contributed by atoms with Crippen LogP contribution in [0.2, 0.25) is 0 Å². The van der Waals surface area contributed by atoms with E-state index in [1.807, 2.05) is 20.8 Å². The molecule has 1 aliphatic rings. The predicted molar refractivity (Wildman–Crippen MR) is 113 cm³/mol. The van der Waals surface area contributed by atoms with Crippen LogP contribution in [0.3, 0.4) is 0 Å². The highest BCUT2D eigenvalue weighted by atomic mass is 32.2. The molecule has 1 saturated heterocycles. The third kappa shape index (κ3) is 4.95. The Kier molecular flexibility index (Phi) is 6.25. The molecule has 2 heterocycles. The molecule has 3 rings (SSSR count). The van der Waals surface area contributed by atoms with Crippen molar-refractivity contribution in [2.45, 2.75) is 69.7 Å². The van der Waals surface area contributed by atoms with E-state index in [1.165, 1.54) is 10.4 Å². The number of halogens is 1. The minimum atomic E-state index is -4.02. The second kappa shape index (κ2) is 8.31. The van der Waals surface area contributed by atoms with Crippen molar-refractivity contribution in [1.82, 2.24) is 19.8 Å². The molecule has 31 heavy (non-hydrogen) atoms. The Morgan fingerprint density at radius 3 is 2.35 bits per heavy atom. The van der Waals surface area contributed by atoms with Crippen LogP contribution in [0.25, 0.3) is 0 Å². The number of carbonyl (C=O) groups excluding carboxylic acids is 1. The normalized spacial score (nSPS) is 16.3. The summed E-state index contributed by atoms with van der Waals surface area (Å²) in [6, 6.07) is 3.35. The SMILES string of the molecule is CC(C)(C)c1nc(C(C)(C)NC(=O)c2ccc(F)c(S(=O)(=O)N3CCCCC3)c2)no1. The highest BCUT2D eigenvalue weighted by Crippen LogP contribution is 2.26. The highest BCUT2D eigenvalue weighted by Gasteiger charge is 2.33. The number of hydrogen-bond acceptors (Lipinski definition) is 6. The van der Waals surface area contributed by atoms with E-state index in [9.17, 15) is 17.6 Å². The fourth-order valence-corrected chi connectivity index (χ4v) is 4.89. The largest absolute Gasteiger partial charge is 0.340 e. The summed E-state index contributed by atoms with van der Waals surface area (Å²) >= 11 is 0. The van der Waals surface area contributed by atoms with Crippen LogP contribution >= 0.6 is 0 Å². The third-order valence-electron chi connectivity index (χ3n) is 5.18. The van der Waals surface area contributed by atoms with Crippen LogP contribution in [-0.2, 0) is 21.0 Å². The van der Waals surface area contributed by atoms with Gasteiger partial charge in [0.1, 0.15) is 10.7 Å². The average molecular weight is 453 g/mol. The minimum absolute atomic E-state index is 0.0320. The van der Waals surface area contributed by atoms with Gasteiger partial charge in [-0.3, -0.25) is 4.79 Å². The van der Waals surface area contributed by atoms with Crippen molar-refractivity contribution in [2.24, 2.45) is 0 Å². The van der Waals surface area contributed by atoms with Crippen molar-refractivity contribution in [3.05, 3.63) is 41.3 Å². The Hall–Kier alpha value is -2.33. The minimum Gasteiger partial charge on any atom is -0.340 e. The fraction of sp³-hybridized carbons (Fsp3) is 0.571. The van der Waals surface area contributed by atoms with Gasteiger partial charge in [0.2, 0.25) is 15.9 Å². The number of sulfonamides is 1. The molecule has 8 nitrogen and oxygen atoms in total. The van der Waals surface area contributed by atoms with Crippen LogP contribution in [0.1, 0.15) is 76.0 Å². The maximum atomic E-state index is 14.4. The maximum absolute atomic E-state index is 14.4. The molecule has 0 bridgehead atoms. The molecule has 0 unspecified atom stereocenters. The van der Waals surface area contributed by atoms with Crippen LogP contribution in [0.15, 0.2) is 27.6 Å². The fourth-order valence-electron chi connectivity index (χ4n) is 3.28. The number of benzene rings is 1. The standard InChI is InChI=1S/C21H29FN4O4S/c1-20(2,3)19-23-18(25-30-19)21(4,5)24-17(27)14-9-10-15(22)16(13-14)31(28,29)26-11-7-6-8-12-26/h9-10,13H,6-8,11-12H2,1-5H3,(H,24,27). The Bertz CT molecular complexity index is 1070. The summed E-state index contributed by atoms with van der Waals surface area (Å²) < 4.78 is 46.8. The molecule has 1 aromatic heterocycles. The monoisotopic (exact) mass is 452 g/mol. The Morgan fingerprint density at radius 2 is 1.77 bits per heavy atom. The zero-order chi connectivity index (χ0) is 23.0. The van der Waals surface area contributed by atoms with Crippen LogP contribution in [0.4, 0.5) is 4.39 Å². The van der Waals surface area contributed by atoms with Gasteiger partial charge in [0.15, 0.2) is 5.82 Å². The van der Waals surface area contributed by atoms with Gasteiger partial charge in [0.25, 0.3) is 5.91 Å². The molecule has 0 saturated carbocycles. The third-order valence-corrected chi connectivity index (χ3v) is 7.09. The molecule has 0 aliphatic carbocycles. The first-order valence-electron chi connectivity index (χ1n) is 10.3. The van der Waals surface area contributed by atoms with E-state index in [2.05, 4.69) is 15.5 Å². The Morgan fingerprint density at radius 1 is 1.13 bits per heavy atom. The summed E-state index contributed by atoms with van der Waals surface area (Å²) in [6.07, 6.45) is 2.41. The molecule has 10 heteroatoms. The molecule has 0 atom stereocenters. The lowest BCUT2D eigenvalue weighted by atomic mass is 9.97. The molecule has 1 amide bonds. The number of carbonyl (C=O) groups is 1. The van der Waals surface area contributed by atoms with Crippen molar-refractivity contribution in [3.63, 3.8) is 0 Å². The molecule has 1 aromatic carbocycles. The zero-order valence-corrected chi connectivity index (χ0v) is 19.3. The van der Waals surface area contributed by atoms with Gasteiger partial charge in [0.05, 0.1) is 5.54 Å². The topological polar surface area (TPSA) is 105 Å². The number of nitrogens with zero attached hydrogens (tertiary/aromatic N) is 3. The molecule has 0 spiro atoms. The number of nitrogens with one attached hydrogen (secondary N) is 1. The van der Waals surface area contributed by atoms with Crippen LogP contribution in [-0.4, -0.2) is 41.9 Å². The second-order valence-electron chi connectivity index (χ2n) is 9.36. The van der Waals surface area contributed by atoms with Gasteiger partial charge in [-0.2, -0.15) is 9.29 Å². The Balaban J connectivity index is 1.85. The number of hydrogen-bond donors (Lipinski definition) is 1. The van der Waals surface area contributed by atoms with Crippen molar-refractivity contribution >= 4 is 15.9 Å². The number of rotatable bonds is 5. The highest BCUT2D eigenvalue weighted by molar-refractivity contribution is 7.89. The van der Waals surface area contributed by atoms with Gasteiger partial charge in [-0.05, 0) is 44.9 Å². The van der Waals surface area contributed by atoms with E-state index in [1.54, 1.807) is 13.8 Å². The first-order valence-corrected chi connectivity index (χ1v) is 11.7. The molecule has 1 N–H and O–H groups in total. The first-order chi connectivity index (χ1) is 14.3. The average Bonchev–Trinajstić information content (AvgIpc) is 3.20. The lowest BCUT2D eigenvalue weighted by molar-refractivity contribution is 0.0907. The number of amides is 1. The van der Waals surface area contributed by atoms with Gasteiger partial charge in [-0.1, -0.05) is 32.3 Å². The van der Waals surface area contributed by atoms with Gasteiger partial charge < -0.3 is 9.84 Å². The van der Waals surface area contributed by atoms with E-state index in [0.717, 1.165) is 31.4 Å². The molecule has 1 fully saturated rings. The summed E-state index contributed by atoms with van der Waals surface area (Å²) in [7, 11) is -4.02. The molecule has 2 aromatic rings. The van der Waals surface area contributed by atoms with Crippen LogP contribution in [0, 0.1) is 5.82 Å². The Labute approximate surface area is 182 Å². The van der Waals surface area contributed by atoms with Gasteiger partial charge in [0, 0.05) is 24.1 Å². The van der Waals surface area contributed by atoms with E-state index in [-0.39, 0.29) is 16.8 Å². The molecular formula is C21H29FN4O4S. The summed E-state index contributed by atoms with van der Waals surface area (Å²) in [4.78, 5) is 16.8. The van der Waals surface area contributed by atoms with Crippen molar-refractivity contribution < 1.29 is 22.1 Å². The predicted octanol–water partition coefficient (Wildman–Crippen LogP) is 3.35. The van der Waals surface area contributed by atoms with E-state index in [0.29, 0.717) is 19.0 Å². The molecule has 0 radical (unpaired) electrons. The number of piperidine rings is 1. The quantitative estimate of drug-likeness (QED) is 0.746. The van der Waals surface area contributed by atoms with E-state index < -0.39 is 32.2 Å². The molecule has 170 valence electrons. The van der Waals surface area contributed by atoms with Crippen LogP contribution in [0.5, 0.6) is 0 Å². The maximum Gasteiger partial charge on any atom is 0.252 e. The summed E-state index contributed by atoms with van der Waals surface area (Å²) in [5, 5.41) is 6.75. The van der Waals surface area contributed by atoms with Gasteiger partial charge in [-0.25, -0.2) is 12.8 Å². The van der Waals surface area contributed by atoms with Gasteiger partial charge in [-0.15, -0.1) is 0 Å². The van der Waals surface area contributed by atoms with Crippen molar-refractivity contribution in [1.29, 1.82) is 0 Å². The van der Waals surface area contributed by atoms with Gasteiger partial charge >= 0.3 is 0 Å². The lowest BCUT2D eigenvalue weighted by Gasteiger charge is -2.26. The van der Waals surface area contributed by atoms with Crippen molar-refractivity contribution in [3.8, 4) is 0 Å². The van der Waals surface area contributed by atoms with Crippen molar-refractivity contribution in [2.75, 3.05) is 13.1 Å². The van der Waals surface area contributed by atoms with E-state index in [4.69, 9.17) is 4.52 Å².